The van der Waals surface area contributed by atoms with E-state index in [1.807, 2.05) is 0 Å². The van der Waals surface area contributed by atoms with E-state index in [4.69, 9.17) is 9.84 Å². The van der Waals surface area contributed by atoms with Crippen LogP contribution in [0.3, 0.4) is 0 Å². The molecule has 1 aliphatic rings. The van der Waals surface area contributed by atoms with Crippen LogP contribution in [0.5, 0.6) is 0 Å². The van der Waals surface area contributed by atoms with Gasteiger partial charge in [-0.15, -0.1) is 11.8 Å². The highest BCUT2D eigenvalue weighted by Gasteiger charge is 2.14. The predicted molar refractivity (Wildman–Crippen MR) is 38.5 cm³/mol. The van der Waals surface area contributed by atoms with Crippen LogP contribution in [-0.4, -0.2) is 29.0 Å². The molecule has 0 aliphatic carbocycles. The summed E-state index contributed by atoms with van der Waals surface area (Å²) in [4.78, 5) is 0. The molecular weight excluding hydrogens is 136 g/mol. The lowest BCUT2D eigenvalue weighted by Crippen LogP contribution is -2.08. The van der Waals surface area contributed by atoms with Crippen molar-refractivity contribution >= 4 is 11.8 Å². The highest BCUT2D eigenvalue weighted by Crippen LogP contribution is 2.21. The molecule has 2 unspecified atom stereocenters. The van der Waals surface area contributed by atoms with Gasteiger partial charge in [0.05, 0.1) is 6.61 Å². The van der Waals surface area contributed by atoms with Gasteiger partial charge in [0.25, 0.3) is 0 Å². The van der Waals surface area contributed by atoms with E-state index in [0.717, 1.165) is 13.0 Å². The lowest BCUT2D eigenvalue weighted by atomic mass is 10.3. The first kappa shape index (κ1) is 7.38. The molecule has 2 nitrogen and oxygen atoms in total. The Kier molecular flexibility index (Phi) is 2.82. The molecule has 0 aromatic rings. The normalized spacial score (nSPS) is 38.0. The maximum atomic E-state index is 9.10. The summed E-state index contributed by atoms with van der Waals surface area (Å²) in [5, 5.41) is 9.64. The van der Waals surface area contributed by atoms with Crippen LogP contribution in [0.4, 0.5) is 0 Å². The van der Waals surface area contributed by atoms with Crippen molar-refractivity contribution in [2.24, 2.45) is 0 Å². The zero-order chi connectivity index (χ0) is 6.69. The molecular formula is C6H12O2S. The Morgan fingerprint density at radius 3 is 3.22 bits per heavy atom. The summed E-state index contributed by atoms with van der Waals surface area (Å²) in [5.41, 5.74) is -0.303. The van der Waals surface area contributed by atoms with E-state index < -0.39 is 0 Å². The molecule has 0 saturated carbocycles. The smallest absolute Gasteiger partial charge is 0.123 e. The van der Waals surface area contributed by atoms with Crippen LogP contribution in [0, 0.1) is 0 Å². The Hall–Kier alpha value is 0.270. The fraction of sp³-hybridized carbons (Fsp3) is 1.00. The van der Waals surface area contributed by atoms with Gasteiger partial charge in [-0.1, -0.05) is 6.92 Å². The molecule has 0 radical (unpaired) electrons. The summed E-state index contributed by atoms with van der Waals surface area (Å²) in [6.07, 6.45) is 1.06. The second-order valence-corrected chi connectivity index (χ2v) is 3.89. The second-order valence-electron chi connectivity index (χ2n) is 2.26. The number of aliphatic hydroxyl groups is 1. The minimum absolute atomic E-state index is 0.303. The minimum Gasteiger partial charge on any atom is -0.380 e. The third-order valence-corrected chi connectivity index (χ3v) is 2.47. The van der Waals surface area contributed by atoms with Crippen molar-refractivity contribution in [3.05, 3.63) is 0 Å². The lowest BCUT2D eigenvalue weighted by molar-refractivity contribution is 0.0826. The van der Waals surface area contributed by atoms with E-state index in [0.29, 0.717) is 11.9 Å². The van der Waals surface area contributed by atoms with Gasteiger partial charge in [-0.25, -0.2) is 0 Å². The van der Waals surface area contributed by atoms with Gasteiger partial charge in [-0.05, 0) is 6.42 Å². The van der Waals surface area contributed by atoms with Crippen molar-refractivity contribution in [2.45, 2.75) is 24.0 Å². The molecule has 1 aliphatic heterocycles. The fourth-order valence-corrected chi connectivity index (χ4v) is 1.75. The molecule has 0 spiro atoms. The van der Waals surface area contributed by atoms with Gasteiger partial charge >= 0.3 is 0 Å². The highest BCUT2D eigenvalue weighted by molar-refractivity contribution is 8.00. The van der Waals surface area contributed by atoms with Crippen LogP contribution in [0.15, 0.2) is 0 Å². The number of ether oxygens (including phenoxy) is 1. The number of rotatable bonds is 0. The van der Waals surface area contributed by atoms with E-state index in [9.17, 15) is 0 Å². The van der Waals surface area contributed by atoms with Crippen LogP contribution < -0.4 is 0 Å². The topological polar surface area (TPSA) is 29.5 Å². The third-order valence-electron chi connectivity index (χ3n) is 1.32. The van der Waals surface area contributed by atoms with Crippen molar-refractivity contribution in [1.29, 1.82) is 0 Å². The Labute approximate surface area is 59.6 Å². The van der Waals surface area contributed by atoms with E-state index >= 15 is 0 Å². The van der Waals surface area contributed by atoms with E-state index in [1.165, 1.54) is 0 Å². The maximum Gasteiger partial charge on any atom is 0.123 e. The molecule has 0 aromatic carbocycles. The van der Waals surface area contributed by atoms with Crippen LogP contribution in [0.2, 0.25) is 0 Å². The molecule has 0 amide bonds. The number of thioether (sulfide) groups is 1. The molecule has 1 rings (SSSR count). The monoisotopic (exact) mass is 148 g/mol. The summed E-state index contributed by atoms with van der Waals surface area (Å²) < 4.78 is 5.11. The molecule has 1 saturated heterocycles. The zero-order valence-corrected chi connectivity index (χ0v) is 6.36. The molecule has 1 N–H and O–H groups in total. The Bertz CT molecular complexity index is 77.1. The van der Waals surface area contributed by atoms with Gasteiger partial charge in [0.1, 0.15) is 5.44 Å². The van der Waals surface area contributed by atoms with E-state index in [-0.39, 0.29) is 5.44 Å². The summed E-state index contributed by atoms with van der Waals surface area (Å²) in [5.74, 6) is 0. The minimum atomic E-state index is -0.303. The Balaban J connectivity index is 2.29. The van der Waals surface area contributed by atoms with Crippen LogP contribution in [0.25, 0.3) is 0 Å². The molecule has 9 heavy (non-hydrogen) atoms. The third kappa shape index (κ3) is 2.56. The first-order valence-electron chi connectivity index (χ1n) is 3.20. The SMILES string of the molecule is CC1CCOCC(O)S1. The highest BCUT2D eigenvalue weighted by atomic mass is 32.2. The van der Waals surface area contributed by atoms with Crippen LogP contribution in [-0.2, 0) is 4.74 Å². The largest absolute Gasteiger partial charge is 0.380 e. The molecule has 2 atom stereocenters. The average Bonchev–Trinajstić information content (AvgIpc) is 1.93. The summed E-state index contributed by atoms with van der Waals surface area (Å²) >= 11 is 1.59. The van der Waals surface area contributed by atoms with Gasteiger partial charge in [-0.2, -0.15) is 0 Å². The first-order valence-corrected chi connectivity index (χ1v) is 4.14. The molecule has 0 bridgehead atoms. The van der Waals surface area contributed by atoms with Crippen LogP contribution in [0.1, 0.15) is 13.3 Å². The zero-order valence-electron chi connectivity index (χ0n) is 5.54. The van der Waals surface area contributed by atoms with Gasteiger partial charge in [0, 0.05) is 11.9 Å². The quantitative estimate of drug-likeness (QED) is 0.552. The van der Waals surface area contributed by atoms with E-state index in [1.54, 1.807) is 11.8 Å². The molecule has 3 heteroatoms. The summed E-state index contributed by atoms with van der Waals surface area (Å²) in [6.45, 7) is 3.41. The van der Waals surface area contributed by atoms with Crippen molar-refractivity contribution in [3.8, 4) is 0 Å². The molecule has 1 heterocycles. The average molecular weight is 148 g/mol. The standard InChI is InChI=1S/C6H12O2S/c1-5-2-3-8-4-6(7)9-5/h5-7H,2-4H2,1H3. The first-order chi connectivity index (χ1) is 4.29. The summed E-state index contributed by atoms with van der Waals surface area (Å²) in [6, 6.07) is 0. The molecule has 0 aromatic heterocycles. The number of hydrogen-bond acceptors (Lipinski definition) is 3. The number of hydrogen-bond donors (Lipinski definition) is 1. The molecule has 1 fully saturated rings. The van der Waals surface area contributed by atoms with Gasteiger partial charge in [-0.3, -0.25) is 0 Å². The maximum absolute atomic E-state index is 9.10. The van der Waals surface area contributed by atoms with Crippen molar-refractivity contribution in [1.82, 2.24) is 0 Å². The van der Waals surface area contributed by atoms with Crippen molar-refractivity contribution in [2.75, 3.05) is 13.2 Å². The van der Waals surface area contributed by atoms with E-state index in [2.05, 4.69) is 6.92 Å². The lowest BCUT2D eigenvalue weighted by Gasteiger charge is -2.07. The predicted octanol–water partition coefficient (Wildman–Crippen LogP) is 0.847. The van der Waals surface area contributed by atoms with Gasteiger partial charge in [0.15, 0.2) is 0 Å². The Morgan fingerprint density at radius 1 is 1.67 bits per heavy atom. The van der Waals surface area contributed by atoms with Gasteiger partial charge in [0.2, 0.25) is 0 Å². The van der Waals surface area contributed by atoms with Gasteiger partial charge < -0.3 is 9.84 Å². The second kappa shape index (κ2) is 3.44. The van der Waals surface area contributed by atoms with Crippen molar-refractivity contribution < 1.29 is 9.84 Å². The van der Waals surface area contributed by atoms with Crippen molar-refractivity contribution in [3.63, 3.8) is 0 Å². The Morgan fingerprint density at radius 2 is 2.44 bits per heavy atom. The molecule has 54 valence electrons. The fourth-order valence-electron chi connectivity index (χ4n) is 0.809. The summed E-state index contributed by atoms with van der Waals surface area (Å²) in [7, 11) is 0. The van der Waals surface area contributed by atoms with Crippen LogP contribution >= 0.6 is 11.8 Å². The number of aliphatic hydroxyl groups excluding tert-OH is 1.